The first kappa shape index (κ1) is 16.4. The molecule has 0 saturated carbocycles. The number of halogens is 1. The first-order chi connectivity index (χ1) is 12.5. The predicted octanol–water partition coefficient (Wildman–Crippen LogP) is 2.94. The molecule has 2 amide bonds. The molecule has 0 unspecified atom stereocenters. The maximum absolute atomic E-state index is 13.4. The minimum Gasteiger partial charge on any atom is -0.271 e. The summed E-state index contributed by atoms with van der Waals surface area (Å²) in [6, 6.07) is 9.89. The van der Waals surface area contributed by atoms with Gasteiger partial charge >= 0.3 is 0 Å². The van der Waals surface area contributed by atoms with E-state index < -0.39 is 12.1 Å². The number of carbonyl (C=O) groups is 2. The lowest BCUT2D eigenvalue weighted by Gasteiger charge is -2.21. The third-order valence-corrected chi connectivity index (χ3v) is 4.84. The van der Waals surface area contributed by atoms with Crippen LogP contribution in [0, 0.1) is 19.7 Å². The highest BCUT2D eigenvalue weighted by Crippen LogP contribution is 2.33. The monoisotopic (exact) mass is 352 g/mol. The summed E-state index contributed by atoms with van der Waals surface area (Å²) in [5.41, 5.74) is 3.28. The number of aryl methyl sites for hydroxylation is 2. The summed E-state index contributed by atoms with van der Waals surface area (Å²) in [6.45, 7) is 4.11. The minimum absolute atomic E-state index is 0.211. The van der Waals surface area contributed by atoms with Gasteiger partial charge < -0.3 is 0 Å². The fraction of sp³-hybridized carbons (Fsp3) is 0.263. The molecule has 6 nitrogen and oxygen atoms in total. The van der Waals surface area contributed by atoms with Crippen LogP contribution < -0.4 is 4.90 Å². The molecule has 0 bridgehead atoms. The van der Waals surface area contributed by atoms with Crippen LogP contribution >= 0.6 is 0 Å². The molecule has 2 aliphatic heterocycles. The number of rotatable bonds is 3. The van der Waals surface area contributed by atoms with Crippen molar-refractivity contribution in [3.8, 4) is 0 Å². The van der Waals surface area contributed by atoms with Crippen LogP contribution in [0.15, 0.2) is 52.8 Å². The number of carbonyl (C=O) groups excluding carboxylic acids is 2. The molecular weight excluding hydrogens is 335 g/mol. The highest BCUT2D eigenvalue weighted by Gasteiger charge is 2.54. The predicted molar refractivity (Wildman–Crippen MR) is 92.8 cm³/mol. The number of anilines is 1. The average molecular weight is 352 g/mol. The first-order valence-electron chi connectivity index (χ1n) is 8.32. The van der Waals surface area contributed by atoms with Crippen molar-refractivity contribution in [1.82, 2.24) is 5.01 Å². The van der Waals surface area contributed by atoms with Gasteiger partial charge in [-0.3, -0.25) is 14.6 Å². The van der Waals surface area contributed by atoms with E-state index in [-0.39, 0.29) is 24.2 Å². The molecule has 2 aromatic carbocycles. The molecule has 26 heavy (non-hydrogen) atoms. The molecule has 7 heteroatoms. The van der Waals surface area contributed by atoms with Crippen LogP contribution in [0.4, 0.5) is 10.1 Å². The molecule has 132 valence electrons. The Labute approximate surface area is 149 Å². The van der Waals surface area contributed by atoms with Crippen LogP contribution in [0.2, 0.25) is 0 Å². The summed E-state index contributed by atoms with van der Waals surface area (Å²) in [5.74, 6) is -1.10. The number of amides is 2. The van der Waals surface area contributed by atoms with Crippen LogP contribution in [0.1, 0.15) is 16.7 Å². The molecule has 2 heterocycles. The summed E-state index contributed by atoms with van der Waals surface area (Å²) >= 11 is 0. The fourth-order valence-corrected chi connectivity index (χ4v) is 3.30. The third-order valence-electron chi connectivity index (χ3n) is 4.84. The summed E-state index contributed by atoms with van der Waals surface area (Å²) in [7, 11) is 0. The second kappa shape index (κ2) is 6.01. The Morgan fingerprint density at radius 1 is 1.04 bits per heavy atom. The minimum atomic E-state index is -0.849. The third kappa shape index (κ3) is 2.56. The van der Waals surface area contributed by atoms with E-state index in [9.17, 15) is 14.0 Å². The average Bonchev–Trinajstić information content (AvgIpc) is 3.11. The number of hydrogen-bond acceptors (Lipinski definition) is 5. The van der Waals surface area contributed by atoms with Crippen LogP contribution in [0.25, 0.3) is 0 Å². The zero-order chi connectivity index (χ0) is 18.4. The molecule has 0 N–H and O–H groups in total. The van der Waals surface area contributed by atoms with Gasteiger partial charge in [0, 0.05) is 0 Å². The normalized spacial score (nSPS) is 21.7. The van der Waals surface area contributed by atoms with Crippen molar-refractivity contribution < 1.29 is 14.0 Å². The van der Waals surface area contributed by atoms with Gasteiger partial charge in [-0.05, 0) is 54.8 Å². The zero-order valence-electron chi connectivity index (χ0n) is 14.4. The van der Waals surface area contributed by atoms with E-state index in [0.717, 1.165) is 11.1 Å². The van der Waals surface area contributed by atoms with Gasteiger partial charge in [0.25, 0.3) is 11.8 Å². The van der Waals surface area contributed by atoms with Gasteiger partial charge in [0.05, 0.1) is 12.2 Å². The second-order valence-electron chi connectivity index (χ2n) is 6.60. The van der Waals surface area contributed by atoms with Gasteiger partial charge in [0.15, 0.2) is 12.1 Å². The molecule has 1 saturated heterocycles. The van der Waals surface area contributed by atoms with Crippen LogP contribution in [-0.2, 0) is 16.1 Å². The molecule has 0 radical (unpaired) electrons. The number of hydrogen-bond donors (Lipinski definition) is 0. The molecule has 1 fully saturated rings. The molecule has 0 aliphatic carbocycles. The molecule has 2 aromatic rings. The van der Waals surface area contributed by atoms with E-state index in [1.807, 2.05) is 26.0 Å². The lowest BCUT2D eigenvalue weighted by molar-refractivity contribution is -0.123. The summed E-state index contributed by atoms with van der Waals surface area (Å²) < 4.78 is 13.4. The Bertz CT molecular complexity index is 943. The molecule has 0 aromatic heterocycles. The number of benzene rings is 2. The highest BCUT2D eigenvalue weighted by molar-refractivity contribution is 6.25. The van der Waals surface area contributed by atoms with Crippen molar-refractivity contribution in [2.24, 2.45) is 10.3 Å². The number of nitrogens with zero attached hydrogens (tertiary/aromatic N) is 4. The lowest BCUT2D eigenvalue weighted by Crippen LogP contribution is -2.39. The van der Waals surface area contributed by atoms with Gasteiger partial charge in [-0.1, -0.05) is 23.4 Å². The Kier molecular flexibility index (Phi) is 3.79. The Balaban J connectivity index is 1.62. The molecule has 4 rings (SSSR count). The van der Waals surface area contributed by atoms with Crippen molar-refractivity contribution in [2.45, 2.75) is 32.5 Å². The smallest absolute Gasteiger partial charge is 0.263 e. The van der Waals surface area contributed by atoms with Gasteiger partial charge in [0.1, 0.15) is 5.82 Å². The number of fused-ring (bicyclic) bond motifs is 1. The van der Waals surface area contributed by atoms with Gasteiger partial charge in [-0.15, -0.1) is 0 Å². The molecule has 2 atom stereocenters. The topological polar surface area (TPSA) is 65.3 Å². The maximum atomic E-state index is 13.4. The van der Waals surface area contributed by atoms with E-state index in [1.165, 1.54) is 22.0 Å². The van der Waals surface area contributed by atoms with Crippen molar-refractivity contribution in [1.29, 1.82) is 0 Å². The zero-order valence-corrected chi connectivity index (χ0v) is 14.4. The van der Waals surface area contributed by atoms with Gasteiger partial charge in [-0.25, -0.2) is 9.29 Å². The van der Waals surface area contributed by atoms with Crippen molar-refractivity contribution in [3.05, 3.63) is 65.0 Å². The van der Waals surface area contributed by atoms with Crippen molar-refractivity contribution in [3.63, 3.8) is 0 Å². The Morgan fingerprint density at radius 3 is 2.58 bits per heavy atom. The van der Waals surface area contributed by atoms with Crippen LogP contribution in [0.5, 0.6) is 0 Å². The van der Waals surface area contributed by atoms with Gasteiger partial charge in [-0.2, -0.15) is 5.11 Å². The fourth-order valence-electron chi connectivity index (χ4n) is 3.30. The van der Waals surface area contributed by atoms with E-state index >= 15 is 0 Å². The Hall–Kier alpha value is -3.09. The van der Waals surface area contributed by atoms with E-state index in [0.29, 0.717) is 11.3 Å². The van der Waals surface area contributed by atoms with Crippen molar-refractivity contribution in [2.75, 3.05) is 4.90 Å². The van der Waals surface area contributed by atoms with Crippen LogP contribution in [-0.4, -0.2) is 28.9 Å². The standard InChI is InChI=1S/C19H17FN4O2/c1-11-6-7-15(8-12(11)2)24-18(25)16-17(19(24)26)23(22-21-16)10-13-4-3-5-14(20)9-13/h3-9,16-17H,10H2,1-2H3/t16-,17+/m1/s1. The summed E-state index contributed by atoms with van der Waals surface area (Å²) in [6.07, 6.45) is 0. The highest BCUT2D eigenvalue weighted by atomic mass is 19.1. The first-order valence-corrected chi connectivity index (χ1v) is 8.32. The van der Waals surface area contributed by atoms with Crippen LogP contribution in [0.3, 0.4) is 0 Å². The maximum Gasteiger partial charge on any atom is 0.263 e. The summed E-state index contributed by atoms with van der Waals surface area (Å²) in [4.78, 5) is 26.8. The van der Waals surface area contributed by atoms with E-state index in [2.05, 4.69) is 10.3 Å². The Morgan fingerprint density at radius 2 is 1.85 bits per heavy atom. The second-order valence-corrected chi connectivity index (χ2v) is 6.60. The largest absolute Gasteiger partial charge is 0.271 e. The van der Waals surface area contributed by atoms with E-state index in [1.54, 1.807) is 18.2 Å². The van der Waals surface area contributed by atoms with E-state index in [4.69, 9.17) is 0 Å². The SMILES string of the molecule is Cc1ccc(N2C(=O)[C@@H]3[C@@H](N=NN3Cc3cccc(F)c3)C2=O)cc1C. The van der Waals surface area contributed by atoms with Gasteiger partial charge in [0.2, 0.25) is 0 Å². The van der Waals surface area contributed by atoms with Crippen molar-refractivity contribution >= 4 is 17.5 Å². The number of imide groups is 1. The summed E-state index contributed by atoms with van der Waals surface area (Å²) in [5, 5.41) is 9.42. The molecule has 2 aliphatic rings. The quantitative estimate of drug-likeness (QED) is 0.798. The molecular formula is C19H17FN4O2. The lowest BCUT2D eigenvalue weighted by atomic mass is 10.1. The molecule has 0 spiro atoms.